The molecule has 1 aromatic heterocycles. The first kappa shape index (κ1) is 14.5. The molecule has 0 bridgehead atoms. The summed E-state index contributed by atoms with van der Waals surface area (Å²) >= 11 is 1.17. The van der Waals surface area contributed by atoms with Gasteiger partial charge in [0.1, 0.15) is 12.4 Å². The second-order valence-corrected chi connectivity index (χ2v) is 5.80. The van der Waals surface area contributed by atoms with E-state index in [4.69, 9.17) is 5.11 Å². The van der Waals surface area contributed by atoms with Crippen LogP contribution in [-0.4, -0.2) is 34.5 Å². The molecule has 1 aromatic carbocycles. The second kappa shape index (κ2) is 5.58. The number of thiophene rings is 1. The maximum absolute atomic E-state index is 13.1. The maximum Gasteiger partial charge on any atom is 0.323 e. The van der Waals surface area contributed by atoms with Crippen molar-refractivity contribution < 1.29 is 19.1 Å². The summed E-state index contributed by atoms with van der Waals surface area (Å²) in [5.74, 6) is -1.76. The van der Waals surface area contributed by atoms with Crippen LogP contribution in [-0.2, 0) is 4.79 Å². The van der Waals surface area contributed by atoms with Gasteiger partial charge in [-0.3, -0.25) is 9.59 Å². The first-order chi connectivity index (χ1) is 9.38. The van der Waals surface area contributed by atoms with Crippen LogP contribution in [0.4, 0.5) is 4.39 Å². The quantitative estimate of drug-likeness (QED) is 0.943. The normalized spacial score (nSPS) is 11.0. The zero-order valence-electron chi connectivity index (χ0n) is 11.1. The fourth-order valence-electron chi connectivity index (χ4n) is 1.89. The molecule has 0 aliphatic rings. The molecule has 2 aromatic rings. The van der Waals surface area contributed by atoms with E-state index in [0.29, 0.717) is 9.58 Å². The van der Waals surface area contributed by atoms with Crippen molar-refractivity contribution in [3.63, 3.8) is 0 Å². The molecule has 0 saturated carbocycles. The smallest absolute Gasteiger partial charge is 0.323 e. The van der Waals surface area contributed by atoms with E-state index in [2.05, 4.69) is 0 Å². The van der Waals surface area contributed by atoms with Crippen molar-refractivity contribution in [2.45, 2.75) is 19.9 Å². The lowest BCUT2D eigenvalue weighted by atomic mass is 10.2. The Kier molecular flexibility index (Phi) is 4.04. The Morgan fingerprint density at radius 2 is 2.05 bits per heavy atom. The van der Waals surface area contributed by atoms with Crippen LogP contribution in [0.5, 0.6) is 0 Å². The number of hydrogen-bond acceptors (Lipinski definition) is 3. The molecule has 0 atom stereocenters. The minimum atomic E-state index is -1.06. The van der Waals surface area contributed by atoms with Crippen LogP contribution < -0.4 is 0 Å². The van der Waals surface area contributed by atoms with Gasteiger partial charge < -0.3 is 10.0 Å². The first-order valence-corrected chi connectivity index (χ1v) is 6.92. The SMILES string of the molecule is CC(C)N(CC(=O)O)C(=O)c1cc2ccc(F)cc2s1. The Bertz CT molecular complexity index is 665. The summed E-state index contributed by atoms with van der Waals surface area (Å²) in [7, 11) is 0. The van der Waals surface area contributed by atoms with E-state index in [9.17, 15) is 14.0 Å². The number of amides is 1. The molecule has 0 radical (unpaired) electrons. The van der Waals surface area contributed by atoms with Crippen LogP contribution in [0.15, 0.2) is 24.3 Å². The van der Waals surface area contributed by atoms with Crippen LogP contribution in [0, 0.1) is 5.82 Å². The number of aliphatic carboxylic acids is 1. The highest BCUT2D eigenvalue weighted by Crippen LogP contribution is 2.27. The summed E-state index contributed by atoms with van der Waals surface area (Å²) in [6.45, 7) is 3.17. The third kappa shape index (κ3) is 2.96. The number of hydrogen-bond donors (Lipinski definition) is 1. The monoisotopic (exact) mass is 295 g/mol. The number of rotatable bonds is 4. The van der Waals surface area contributed by atoms with Gasteiger partial charge in [-0.2, -0.15) is 0 Å². The Morgan fingerprint density at radius 3 is 2.65 bits per heavy atom. The highest BCUT2D eigenvalue weighted by molar-refractivity contribution is 7.20. The lowest BCUT2D eigenvalue weighted by molar-refractivity contribution is -0.138. The van der Waals surface area contributed by atoms with Crippen LogP contribution in [0.2, 0.25) is 0 Å². The van der Waals surface area contributed by atoms with Gasteiger partial charge in [0.15, 0.2) is 0 Å². The molecule has 2 rings (SSSR count). The van der Waals surface area contributed by atoms with E-state index in [1.807, 2.05) is 0 Å². The van der Waals surface area contributed by atoms with Gasteiger partial charge in [-0.05, 0) is 37.4 Å². The minimum absolute atomic E-state index is 0.222. The van der Waals surface area contributed by atoms with E-state index >= 15 is 0 Å². The Morgan fingerprint density at radius 1 is 1.35 bits per heavy atom. The number of halogens is 1. The van der Waals surface area contributed by atoms with Crippen LogP contribution in [0.3, 0.4) is 0 Å². The molecule has 1 heterocycles. The van der Waals surface area contributed by atoms with Crippen LogP contribution >= 0.6 is 11.3 Å². The molecule has 0 unspecified atom stereocenters. The summed E-state index contributed by atoms with van der Waals surface area (Å²) in [6.07, 6.45) is 0. The molecule has 20 heavy (non-hydrogen) atoms. The van der Waals surface area contributed by atoms with Gasteiger partial charge in [-0.1, -0.05) is 6.07 Å². The number of nitrogens with zero attached hydrogens (tertiary/aromatic N) is 1. The molecular formula is C14H14FNO3S. The summed E-state index contributed by atoms with van der Waals surface area (Å²) in [5.41, 5.74) is 0. The number of carboxylic acids is 1. The zero-order valence-corrected chi connectivity index (χ0v) is 11.9. The van der Waals surface area contributed by atoms with E-state index in [1.165, 1.54) is 28.4 Å². The molecule has 0 fully saturated rings. The first-order valence-electron chi connectivity index (χ1n) is 6.10. The van der Waals surface area contributed by atoms with E-state index in [0.717, 1.165) is 5.39 Å². The Hall–Kier alpha value is -1.95. The van der Waals surface area contributed by atoms with Crippen LogP contribution in [0.25, 0.3) is 10.1 Å². The van der Waals surface area contributed by atoms with Gasteiger partial charge in [0.25, 0.3) is 5.91 Å². The van der Waals surface area contributed by atoms with E-state index < -0.39 is 5.97 Å². The topological polar surface area (TPSA) is 57.6 Å². The van der Waals surface area contributed by atoms with Crippen molar-refractivity contribution in [1.29, 1.82) is 0 Å². The Labute approximate surface area is 119 Å². The summed E-state index contributed by atoms with van der Waals surface area (Å²) < 4.78 is 13.8. The van der Waals surface area contributed by atoms with Gasteiger partial charge >= 0.3 is 5.97 Å². The van der Waals surface area contributed by atoms with Gasteiger partial charge in [0.05, 0.1) is 4.88 Å². The van der Waals surface area contributed by atoms with Crippen molar-refractivity contribution in [3.8, 4) is 0 Å². The number of carboxylic acid groups (broad SMARTS) is 1. The van der Waals surface area contributed by atoms with Gasteiger partial charge in [0.2, 0.25) is 0 Å². The lowest BCUT2D eigenvalue weighted by Crippen LogP contribution is -2.40. The van der Waals surface area contributed by atoms with E-state index in [1.54, 1.807) is 26.0 Å². The molecule has 106 valence electrons. The highest BCUT2D eigenvalue weighted by atomic mass is 32.1. The molecular weight excluding hydrogens is 281 g/mol. The minimum Gasteiger partial charge on any atom is -0.480 e. The summed E-state index contributed by atoms with van der Waals surface area (Å²) in [6, 6.07) is 5.75. The average molecular weight is 295 g/mol. The molecule has 4 nitrogen and oxygen atoms in total. The van der Waals surface area contributed by atoms with Crippen molar-refractivity contribution in [3.05, 3.63) is 35.0 Å². The number of carbonyl (C=O) groups is 2. The average Bonchev–Trinajstić information content (AvgIpc) is 2.77. The highest BCUT2D eigenvalue weighted by Gasteiger charge is 2.23. The molecule has 0 saturated heterocycles. The summed E-state index contributed by atoms with van der Waals surface area (Å²) in [4.78, 5) is 24.9. The predicted octanol–water partition coefficient (Wildman–Crippen LogP) is 2.98. The summed E-state index contributed by atoms with van der Waals surface area (Å²) in [5, 5.41) is 9.64. The van der Waals surface area contributed by atoms with Gasteiger partial charge in [-0.15, -0.1) is 11.3 Å². The van der Waals surface area contributed by atoms with Crippen molar-refractivity contribution in [2.75, 3.05) is 6.54 Å². The van der Waals surface area contributed by atoms with Gasteiger partial charge in [-0.25, -0.2) is 4.39 Å². The van der Waals surface area contributed by atoms with Gasteiger partial charge in [0, 0.05) is 10.7 Å². The third-order valence-corrected chi connectivity index (χ3v) is 3.97. The fourth-order valence-corrected chi connectivity index (χ4v) is 2.93. The van der Waals surface area contributed by atoms with Crippen LogP contribution in [0.1, 0.15) is 23.5 Å². The van der Waals surface area contributed by atoms with E-state index in [-0.39, 0.29) is 24.3 Å². The number of benzene rings is 1. The number of carbonyl (C=O) groups excluding carboxylic acids is 1. The lowest BCUT2D eigenvalue weighted by Gasteiger charge is -2.24. The molecule has 6 heteroatoms. The molecule has 1 N–H and O–H groups in total. The fraction of sp³-hybridized carbons (Fsp3) is 0.286. The second-order valence-electron chi connectivity index (χ2n) is 4.71. The molecule has 0 aliphatic carbocycles. The largest absolute Gasteiger partial charge is 0.480 e. The Balaban J connectivity index is 2.35. The van der Waals surface area contributed by atoms with Crippen molar-refractivity contribution >= 4 is 33.3 Å². The standard InChI is InChI=1S/C14H14FNO3S/c1-8(2)16(7-13(17)18)14(19)12-5-9-3-4-10(15)6-11(9)20-12/h3-6,8H,7H2,1-2H3,(H,17,18). The molecule has 1 amide bonds. The molecule has 0 aliphatic heterocycles. The maximum atomic E-state index is 13.1. The van der Waals surface area contributed by atoms with Crippen molar-refractivity contribution in [2.24, 2.45) is 0 Å². The predicted molar refractivity (Wildman–Crippen MR) is 75.6 cm³/mol. The molecule has 0 spiro atoms. The van der Waals surface area contributed by atoms with Crippen molar-refractivity contribution in [1.82, 2.24) is 4.90 Å². The zero-order chi connectivity index (χ0) is 14.9. The number of fused-ring (bicyclic) bond motifs is 1. The third-order valence-electron chi connectivity index (χ3n) is 2.88.